The lowest BCUT2D eigenvalue weighted by molar-refractivity contribution is -0.433. The zero-order chi connectivity index (χ0) is 108. The Morgan fingerprint density at radius 1 is 0.544 bits per heavy atom. The predicted molar refractivity (Wildman–Crippen MR) is 548 cm³/mol. The molecule has 4 aliphatic heterocycles. The number of guanidine groups is 1. The van der Waals surface area contributed by atoms with Crippen molar-refractivity contribution in [1.29, 1.82) is 5.41 Å². The number of carboxylic acid groups (broad SMARTS) is 1. The largest absolute Gasteiger partial charge is 0.481 e. The van der Waals surface area contributed by atoms with Crippen molar-refractivity contribution in [2.24, 2.45) is 11.5 Å². The number of carbonyl (C=O) groups is 13. The number of hydrogen-bond acceptors (Lipinski definition) is 30. The summed E-state index contributed by atoms with van der Waals surface area (Å²) in [5, 5.41) is 48.5. The number of amides is 12. The quantitative estimate of drug-likeness (QED) is 0.00499. The Bertz CT molecular complexity index is 6270. The van der Waals surface area contributed by atoms with Gasteiger partial charge in [0.15, 0.2) is 11.7 Å². The fourth-order valence-electron chi connectivity index (χ4n) is 16.6. The van der Waals surface area contributed by atoms with Crippen LogP contribution in [-0.2, 0) is 139 Å². The number of nitrogens with one attached hydrogen (secondary N) is 13. The van der Waals surface area contributed by atoms with Gasteiger partial charge >= 0.3 is 5.97 Å². The topological polar surface area (TPSA) is 723 Å². The van der Waals surface area contributed by atoms with E-state index < -0.39 is 203 Å². The van der Waals surface area contributed by atoms with Gasteiger partial charge in [0.2, 0.25) is 76.6 Å². The second kappa shape index (κ2) is 56.6. The Morgan fingerprint density at radius 3 is 1.69 bits per heavy atom. The van der Waals surface area contributed by atoms with Crippen LogP contribution in [0.1, 0.15) is 129 Å². The highest BCUT2D eigenvalue weighted by molar-refractivity contribution is 8.76. The average molecular weight is 2190 g/mol. The van der Waals surface area contributed by atoms with E-state index in [1.54, 1.807) is 72.8 Å². The summed E-state index contributed by atoms with van der Waals surface area (Å²) >= 11 is 0.888. The maximum absolute atomic E-state index is 14.8. The van der Waals surface area contributed by atoms with E-state index in [0.29, 0.717) is 117 Å². The molecule has 2 saturated heterocycles. The zero-order valence-corrected chi connectivity index (χ0v) is 87.7. The van der Waals surface area contributed by atoms with Crippen LogP contribution in [0, 0.1) is 5.41 Å². The maximum atomic E-state index is 14.8. The van der Waals surface area contributed by atoms with E-state index in [4.69, 9.17) is 35.8 Å². The van der Waals surface area contributed by atoms with Crippen LogP contribution in [0.4, 0.5) is 11.4 Å². The molecule has 806 valence electrons. The lowest BCUT2D eigenvalue weighted by atomic mass is 9.79. The van der Waals surface area contributed by atoms with Gasteiger partial charge in [0.25, 0.3) is 40.5 Å². The summed E-state index contributed by atoms with van der Waals surface area (Å²) in [6, 6.07) is 7.44. The number of aliphatic carboxylic acids is 1. The molecule has 147 heavy (non-hydrogen) atoms. The minimum atomic E-state index is -5.11. The minimum absolute atomic E-state index is 0.0102. The average Bonchev–Trinajstić information content (AvgIpc) is 1.56. The van der Waals surface area contributed by atoms with Crippen molar-refractivity contribution >= 4 is 195 Å². The molecule has 47 nitrogen and oxygen atoms in total. The number of ether oxygens (including phenoxy) is 4. The van der Waals surface area contributed by atoms with Gasteiger partial charge < -0.3 is 104 Å². The number of carbonyl (C=O) groups excluding carboxylic acids is 12. The number of unbranched alkanes of at least 4 members (excludes halogenated alkanes) is 3. The van der Waals surface area contributed by atoms with E-state index in [2.05, 4.69) is 70.7 Å². The first-order valence-corrected chi connectivity index (χ1v) is 56.3. The number of likely N-dealkylation sites (N-methyl/N-ethyl adjacent to an activating group) is 1. The predicted octanol–water partition coefficient (Wildman–Crippen LogP) is 1.46. The third-order valence-corrected chi connectivity index (χ3v) is 30.4. The van der Waals surface area contributed by atoms with Gasteiger partial charge in [-0.2, -0.15) is 38.2 Å². The number of primary amides is 1. The molecule has 0 radical (unpaired) electrons. The summed E-state index contributed by atoms with van der Waals surface area (Å²) in [4.78, 5) is 174. The Morgan fingerprint density at radius 2 is 1.10 bits per heavy atom. The van der Waals surface area contributed by atoms with E-state index in [1.807, 2.05) is 44.1 Å². The second-order valence-corrected chi connectivity index (χ2v) is 44.4. The van der Waals surface area contributed by atoms with Crippen molar-refractivity contribution in [1.82, 2.24) is 63.8 Å². The SMILES string of the molecule is CCCOCCOCCOCCNC(=O)COCC(N)=O.CC[N+]1=C(/C=C/C=C/C=C2/N(CCCCCC(=O)NCCCC[C@@H]3NC(=O)CSC[C@@H](C(=O)NC)NC(=O)[C@H](Cc4ccccc4)NC(=O)[C@@H]4CSSC[C@H](NC3=O)C(=O)N[C@@H](CCCNC(=N)N)C(=O)NCC(=O)N[C@@H](CC(=O)O)C(=O)N4)c3ccc4c(S(=O)(=O)O)cc(S(=O)(=O)O)cc4c3C2(C)C)C(C)(C)c2c1ccc1c(S(=O)(=O)O)cc(S(=O)(=O)O)cc21. The van der Waals surface area contributed by atoms with Crippen molar-refractivity contribution < 1.29 is 143 Å². The first-order valence-electron chi connectivity index (χ1n) is 46.9. The van der Waals surface area contributed by atoms with Crippen LogP contribution in [0.3, 0.4) is 0 Å². The number of benzene rings is 5. The summed E-state index contributed by atoms with van der Waals surface area (Å²) in [7, 11) is -17.1. The molecular formula is C93H128N17O30S7+. The van der Waals surface area contributed by atoms with E-state index in [-0.39, 0.29) is 128 Å². The van der Waals surface area contributed by atoms with Crippen LogP contribution in [-0.4, -0.2) is 315 Å². The molecule has 5 aromatic carbocycles. The van der Waals surface area contributed by atoms with Gasteiger partial charge in [0.1, 0.15) is 71.8 Å². The monoisotopic (exact) mass is 2190 g/mol. The molecule has 5 aromatic rings. The lowest BCUT2D eigenvalue weighted by Crippen LogP contribution is -2.60. The molecule has 4 heterocycles. The summed E-state index contributed by atoms with van der Waals surface area (Å²) in [6.45, 7) is 14.3. The van der Waals surface area contributed by atoms with Gasteiger partial charge in [-0.15, -0.1) is 11.8 Å². The van der Waals surface area contributed by atoms with E-state index in [0.717, 1.165) is 58.5 Å². The third-order valence-electron chi connectivity index (χ3n) is 23.5. The summed E-state index contributed by atoms with van der Waals surface area (Å²) in [5.41, 5.74) is 12.2. The van der Waals surface area contributed by atoms with Crippen molar-refractivity contribution in [3.63, 3.8) is 0 Å². The highest BCUT2D eigenvalue weighted by Crippen LogP contribution is 2.52. The highest BCUT2D eigenvalue weighted by atomic mass is 33.1. The van der Waals surface area contributed by atoms with Crippen LogP contribution in [0.25, 0.3) is 21.5 Å². The molecule has 12 amide bonds. The zero-order valence-electron chi connectivity index (χ0n) is 82.0. The molecule has 22 N–H and O–H groups in total. The molecular weight excluding hydrogens is 2060 g/mol. The van der Waals surface area contributed by atoms with Crippen molar-refractivity contribution in [3.8, 4) is 0 Å². The maximum Gasteiger partial charge on any atom is 0.305 e. The highest BCUT2D eigenvalue weighted by Gasteiger charge is 2.47. The molecule has 0 aliphatic carbocycles. The summed E-state index contributed by atoms with van der Waals surface area (Å²) in [5.74, 6) is -12.9. The van der Waals surface area contributed by atoms with Crippen LogP contribution in [0.5, 0.6) is 0 Å². The number of thioether (sulfide) groups is 1. The summed E-state index contributed by atoms with van der Waals surface area (Å²) in [6.07, 6.45) is 10.1. The number of carboxylic acids is 1. The number of rotatable bonds is 43. The van der Waals surface area contributed by atoms with Gasteiger partial charge in [-0.05, 0) is 137 Å². The van der Waals surface area contributed by atoms with Crippen LogP contribution < -0.4 is 80.2 Å². The normalized spacial score (nSPS) is 19.8. The Labute approximate surface area is 863 Å². The molecule has 0 saturated carbocycles. The number of allylic oxidation sites excluding steroid dienone is 6. The Balaban J connectivity index is 0.00000112. The molecule has 7 atom stereocenters. The fourth-order valence-corrected chi connectivity index (χ4v) is 22.4. The molecule has 54 heteroatoms. The first-order chi connectivity index (χ1) is 69.4. The molecule has 2 bridgehead atoms. The molecule has 0 aromatic heterocycles. The van der Waals surface area contributed by atoms with E-state index >= 15 is 0 Å². The standard InChI is InChI=1S/C80H101N15O24S7.C13H26N2O6/c1-7-94-59-29-27-48-50(35-46(123(108,109)110)37-61(48)125(114,115)116)69(59)79(2,3)63(94)24-13-9-14-25-64-80(4,5)70-51-36-47(124(111,112)113)38-62(126(117,118)119)49(51)28-30-60(70)95(64)33-18-10-15-26-65(96)84-31-17-16-22-53-73(103)92-57-42-121-122-43-58(77(107)90-54(34-45-20-11-8-12-21-45)74(104)91-56(71(101)83-6)41-120-44-67(98)87-53)93-75(105)55(39-68(99)100)88-66(97)40-86-72(102)52(89-76(57)106)23-19-32-85-78(81)82;1-2-4-18-6-8-20-9-7-19-5-3-15-13(17)11-21-10-12(14)16/h8-9,11-14,20-21,24-25,27-30,35-38,52-58H,7,10,15-19,22-23,26,31-34,39-44H2,1-6H3,(H18-,81,82,83,84,85,86,87,88,89,90,91,92,93,96,97,98,99,100,101,102,103,104,105,106,107,108,109,110,111,112,113,114,115,116,117,118,119);2-11H2,1H3,(H2,14,16)(H,15,17)/p+1/t52-,53-,54-,55-,56-,57-,58-;/m0./s1. The molecule has 4 aliphatic rings. The number of nitrogens with two attached hydrogens (primary N) is 2. The fraction of sp³-hybridized carbons (Fsp3) is 0.495. The number of fused-ring (bicyclic) bond motifs is 11. The first kappa shape index (κ1) is 120. The van der Waals surface area contributed by atoms with Gasteiger partial charge in [-0.25, -0.2) is 0 Å². The van der Waals surface area contributed by atoms with E-state index in [9.17, 15) is 119 Å². The number of hydrogen-bond donors (Lipinski definition) is 20. The number of anilines is 1. The summed E-state index contributed by atoms with van der Waals surface area (Å²) < 4.78 is 165. The molecule has 0 unspecified atom stereocenters. The molecule has 2 fully saturated rings. The third kappa shape index (κ3) is 36.3. The van der Waals surface area contributed by atoms with Gasteiger partial charge in [0, 0.05) is 115 Å². The van der Waals surface area contributed by atoms with Crippen molar-refractivity contribution in [2.45, 2.75) is 191 Å². The van der Waals surface area contributed by atoms with Crippen LogP contribution in [0.2, 0.25) is 0 Å². The van der Waals surface area contributed by atoms with Gasteiger partial charge in [-0.3, -0.25) is 85.9 Å². The lowest BCUT2D eigenvalue weighted by Gasteiger charge is -2.27. The number of nitrogens with zero attached hydrogens (tertiary/aromatic N) is 2. The van der Waals surface area contributed by atoms with Crippen molar-refractivity contribution in [2.75, 3.05) is 127 Å². The Kier molecular flexibility index (Phi) is 46.3. The minimum Gasteiger partial charge on any atom is -0.481 e. The van der Waals surface area contributed by atoms with Crippen LogP contribution >= 0.6 is 33.3 Å². The second-order valence-electron chi connectivity index (χ2n) is 35.2. The van der Waals surface area contributed by atoms with Crippen LogP contribution in [0.15, 0.2) is 135 Å². The van der Waals surface area contributed by atoms with Gasteiger partial charge in [0.05, 0.1) is 67.0 Å². The van der Waals surface area contributed by atoms with E-state index in [1.165, 1.54) is 19.2 Å². The smallest absolute Gasteiger partial charge is 0.305 e. The van der Waals surface area contributed by atoms with Gasteiger partial charge in [-0.1, -0.05) is 103 Å². The molecule has 9 rings (SSSR count). The van der Waals surface area contributed by atoms with Crippen molar-refractivity contribution in [3.05, 3.63) is 132 Å². The molecule has 0 spiro atoms. The Hall–Kier alpha value is -11.8.